The molecule has 0 saturated heterocycles. The lowest BCUT2D eigenvalue weighted by Gasteiger charge is -2.15. The van der Waals surface area contributed by atoms with Crippen LogP contribution in [-0.2, 0) is 0 Å². The van der Waals surface area contributed by atoms with E-state index in [0.29, 0.717) is 5.69 Å². The van der Waals surface area contributed by atoms with Crippen molar-refractivity contribution >= 4 is 11.6 Å². The van der Waals surface area contributed by atoms with E-state index in [2.05, 4.69) is 9.97 Å². The molecule has 0 saturated carbocycles. The molecule has 0 radical (unpaired) electrons. The van der Waals surface area contributed by atoms with Crippen LogP contribution in [0.4, 0.5) is 0 Å². The van der Waals surface area contributed by atoms with Crippen LogP contribution in [0.3, 0.4) is 0 Å². The van der Waals surface area contributed by atoms with Gasteiger partial charge < -0.3 is 0 Å². The Balaban J connectivity index is 3.00. The standard InChI is InChI=1S/C11H14N2O2/c1-7(14)8-5-13-9(6-12-8)10(15)11(2,3)4/h5-6H,1-4H3. The minimum atomic E-state index is -0.480. The highest BCUT2D eigenvalue weighted by Crippen LogP contribution is 2.18. The zero-order valence-corrected chi connectivity index (χ0v) is 9.37. The van der Waals surface area contributed by atoms with Gasteiger partial charge in [0.25, 0.3) is 0 Å². The number of aromatic nitrogens is 2. The van der Waals surface area contributed by atoms with Crippen LogP contribution >= 0.6 is 0 Å². The highest BCUT2D eigenvalue weighted by molar-refractivity contribution is 5.98. The molecule has 0 N–H and O–H groups in total. The van der Waals surface area contributed by atoms with Gasteiger partial charge in [-0.1, -0.05) is 20.8 Å². The first-order valence-electron chi connectivity index (χ1n) is 4.70. The lowest BCUT2D eigenvalue weighted by atomic mass is 9.89. The molecule has 0 aromatic carbocycles. The first-order valence-corrected chi connectivity index (χ1v) is 4.70. The van der Waals surface area contributed by atoms with Crippen molar-refractivity contribution in [3.8, 4) is 0 Å². The molecule has 1 heterocycles. The van der Waals surface area contributed by atoms with Crippen molar-refractivity contribution in [2.75, 3.05) is 0 Å². The zero-order valence-electron chi connectivity index (χ0n) is 9.37. The summed E-state index contributed by atoms with van der Waals surface area (Å²) in [6.45, 7) is 6.86. The summed E-state index contributed by atoms with van der Waals surface area (Å²) >= 11 is 0. The average molecular weight is 206 g/mol. The topological polar surface area (TPSA) is 59.9 Å². The Kier molecular flexibility index (Phi) is 2.98. The second kappa shape index (κ2) is 3.88. The van der Waals surface area contributed by atoms with E-state index < -0.39 is 5.41 Å². The van der Waals surface area contributed by atoms with Crippen LogP contribution in [0.5, 0.6) is 0 Å². The van der Waals surface area contributed by atoms with Gasteiger partial charge in [-0.25, -0.2) is 9.97 Å². The fourth-order valence-corrected chi connectivity index (χ4v) is 1.01. The molecule has 0 spiro atoms. The molecule has 0 fully saturated rings. The lowest BCUT2D eigenvalue weighted by molar-refractivity contribution is 0.0851. The number of hydrogen-bond donors (Lipinski definition) is 0. The van der Waals surface area contributed by atoms with Gasteiger partial charge in [0.05, 0.1) is 12.4 Å². The van der Waals surface area contributed by atoms with Gasteiger partial charge in [-0.2, -0.15) is 0 Å². The molecule has 0 amide bonds. The molecule has 4 nitrogen and oxygen atoms in total. The SMILES string of the molecule is CC(=O)c1cnc(C(=O)C(C)(C)C)cn1. The summed E-state index contributed by atoms with van der Waals surface area (Å²) in [5.41, 5.74) is 0.0971. The highest BCUT2D eigenvalue weighted by atomic mass is 16.1. The molecular formula is C11H14N2O2. The maximum Gasteiger partial charge on any atom is 0.188 e. The van der Waals surface area contributed by atoms with Crippen LogP contribution in [0.1, 0.15) is 48.7 Å². The maximum absolute atomic E-state index is 11.8. The number of carbonyl (C=O) groups excluding carboxylic acids is 2. The van der Waals surface area contributed by atoms with Gasteiger partial charge in [0.2, 0.25) is 0 Å². The van der Waals surface area contributed by atoms with Gasteiger partial charge in [0.15, 0.2) is 11.6 Å². The van der Waals surface area contributed by atoms with Gasteiger partial charge in [-0.3, -0.25) is 9.59 Å². The molecule has 80 valence electrons. The third-order valence-electron chi connectivity index (χ3n) is 1.93. The Morgan fingerprint density at radius 1 is 1.07 bits per heavy atom. The Morgan fingerprint density at radius 2 is 1.53 bits per heavy atom. The fourth-order valence-electron chi connectivity index (χ4n) is 1.01. The van der Waals surface area contributed by atoms with Gasteiger partial charge in [0, 0.05) is 12.3 Å². The van der Waals surface area contributed by atoms with E-state index in [1.165, 1.54) is 19.3 Å². The summed E-state index contributed by atoms with van der Waals surface area (Å²) in [5, 5.41) is 0. The molecule has 15 heavy (non-hydrogen) atoms. The average Bonchev–Trinajstić information content (AvgIpc) is 2.15. The van der Waals surface area contributed by atoms with Crippen molar-refractivity contribution in [1.82, 2.24) is 9.97 Å². The van der Waals surface area contributed by atoms with Crippen LogP contribution < -0.4 is 0 Å². The third-order valence-corrected chi connectivity index (χ3v) is 1.93. The maximum atomic E-state index is 11.8. The summed E-state index contributed by atoms with van der Waals surface area (Å²) in [5.74, 6) is -0.234. The summed E-state index contributed by atoms with van der Waals surface area (Å²) in [4.78, 5) is 30.5. The van der Waals surface area contributed by atoms with Crippen molar-refractivity contribution in [1.29, 1.82) is 0 Å². The summed E-state index contributed by atoms with van der Waals surface area (Å²) in [6, 6.07) is 0. The minimum Gasteiger partial charge on any atom is -0.293 e. The number of rotatable bonds is 2. The van der Waals surface area contributed by atoms with Gasteiger partial charge >= 0.3 is 0 Å². The van der Waals surface area contributed by atoms with Crippen molar-refractivity contribution < 1.29 is 9.59 Å². The van der Waals surface area contributed by atoms with E-state index in [1.54, 1.807) is 0 Å². The summed E-state index contributed by atoms with van der Waals surface area (Å²) in [7, 11) is 0. The number of hydrogen-bond acceptors (Lipinski definition) is 4. The quantitative estimate of drug-likeness (QED) is 0.693. The number of ketones is 2. The second-order valence-electron chi connectivity index (χ2n) is 4.42. The van der Waals surface area contributed by atoms with Crippen molar-refractivity contribution in [3.05, 3.63) is 23.8 Å². The summed E-state index contributed by atoms with van der Waals surface area (Å²) < 4.78 is 0. The Morgan fingerprint density at radius 3 is 1.87 bits per heavy atom. The molecule has 0 aliphatic rings. The first kappa shape index (κ1) is 11.5. The van der Waals surface area contributed by atoms with Crippen molar-refractivity contribution in [2.45, 2.75) is 27.7 Å². The van der Waals surface area contributed by atoms with E-state index in [9.17, 15) is 9.59 Å². The number of nitrogens with zero attached hydrogens (tertiary/aromatic N) is 2. The number of carbonyl (C=O) groups is 2. The first-order chi connectivity index (χ1) is 6.82. The molecule has 1 aromatic heterocycles. The highest BCUT2D eigenvalue weighted by Gasteiger charge is 2.24. The van der Waals surface area contributed by atoms with E-state index in [1.807, 2.05) is 20.8 Å². The van der Waals surface area contributed by atoms with E-state index >= 15 is 0 Å². The largest absolute Gasteiger partial charge is 0.293 e. The smallest absolute Gasteiger partial charge is 0.188 e. The molecule has 0 aliphatic carbocycles. The fraction of sp³-hybridized carbons (Fsp3) is 0.455. The third kappa shape index (κ3) is 2.68. The van der Waals surface area contributed by atoms with E-state index in [0.717, 1.165) is 0 Å². The molecule has 1 rings (SSSR count). The second-order valence-corrected chi connectivity index (χ2v) is 4.42. The van der Waals surface area contributed by atoms with E-state index in [4.69, 9.17) is 0 Å². The monoisotopic (exact) mass is 206 g/mol. The predicted molar refractivity (Wildman–Crippen MR) is 55.8 cm³/mol. The molecule has 4 heteroatoms. The van der Waals surface area contributed by atoms with Crippen molar-refractivity contribution in [3.63, 3.8) is 0 Å². The molecular weight excluding hydrogens is 192 g/mol. The molecule has 0 aliphatic heterocycles. The van der Waals surface area contributed by atoms with Crippen LogP contribution in [0, 0.1) is 5.41 Å². The number of Topliss-reactive ketones (excluding diaryl/α,β-unsaturated/α-hetero) is 2. The summed E-state index contributed by atoms with van der Waals surface area (Å²) in [6.07, 6.45) is 2.69. The Labute approximate surface area is 88.7 Å². The molecule has 0 bridgehead atoms. The lowest BCUT2D eigenvalue weighted by Crippen LogP contribution is -2.21. The van der Waals surface area contributed by atoms with Crippen LogP contribution in [0.15, 0.2) is 12.4 Å². The van der Waals surface area contributed by atoms with Crippen LogP contribution in [0.2, 0.25) is 0 Å². The zero-order chi connectivity index (χ0) is 11.6. The predicted octanol–water partition coefficient (Wildman–Crippen LogP) is 1.91. The van der Waals surface area contributed by atoms with Gasteiger partial charge in [-0.05, 0) is 0 Å². The minimum absolute atomic E-state index is 0.0786. The molecule has 1 aromatic rings. The van der Waals surface area contributed by atoms with Crippen LogP contribution in [-0.4, -0.2) is 21.5 Å². The molecule has 0 atom stereocenters. The van der Waals surface area contributed by atoms with Crippen LogP contribution in [0.25, 0.3) is 0 Å². The van der Waals surface area contributed by atoms with Crippen molar-refractivity contribution in [2.24, 2.45) is 5.41 Å². The molecule has 0 unspecified atom stereocenters. The Hall–Kier alpha value is -1.58. The normalized spacial score (nSPS) is 11.2. The Bertz CT molecular complexity index is 388. The van der Waals surface area contributed by atoms with Gasteiger partial charge in [-0.15, -0.1) is 0 Å². The van der Waals surface area contributed by atoms with Gasteiger partial charge in [0.1, 0.15) is 11.4 Å². The van der Waals surface area contributed by atoms with E-state index in [-0.39, 0.29) is 17.3 Å².